The van der Waals surface area contributed by atoms with Crippen molar-refractivity contribution in [3.05, 3.63) is 28.2 Å². The van der Waals surface area contributed by atoms with Crippen LogP contribution in [0.15, 0.2) is 22.7 Å². The zero-order valence-electron chi connectivity index (χ0n) is 8.79. The first-order chi connectivity index (χ1) is 7.67. The molecule has 1 aromatic rings. The first-order valence-electron chi connectivity index (χ1n) is 4.67. The Balaban J connectivity index is 2.61. The third-order valence-electron chi connectivity index (χ3n) is 1.97. The molecule has 0 saturated heterocycles. The van der Waals surface area contributed by atoms with Gasteiger partial charge in [-0.3, -0.25) is 4.79 Å². The van der Waals surface area contributed by atoms with Crippen molar-refractivity contribution in [3.63, 3.8) is 0 Å². The molecule has 0 aliphatic heterocycles. The van der Waals surface area contributed by atoms with E-state index >= 15 is 0 Å². The van der Waals surface area contributed by atoms with Crippen LogP contribution in [-0.2, 0) is 9.53 Å². The first kappa shape index (κ1) is 12.5. The van der Waals surface area contributed by atoms with Crippen LogP contribution in [0.25, 0.3) is 0 Å². The van der Waals surface area contributed by atoms with Gasteiger partial charge in [-0.05, 0) is 18.2 Å². The molecule has 0 atom stereocenters. The first-order valence-corrected chi connectivity index (χ1v) is 5.47. The predicted molar refractivity (Wildman–Crippen MR) is 64.0 cm³/mol. The standard InChI is InChI=1S/C11H11BrN2O2/c1-16-11(15)4-5-14-10-3-2-9(12)6-8(10)7-13/h2-3,6,14H,4-5H2,1H3. The van der Waals surface area contributed by atoms with Crippen LogP contribution in [0.4, 0.5) is 5.69 Å². The fourth-order valence-corrected chi connectivity index (χ4v) is 1.53. The number of esters is 1. The van der Waals surface area contributed by atoms with E-state index in [9.17, 15) is 4.79 Å². The Kier molecular flexibility index (Phi) is 4.80. The molecule has 0 unspecified atom stereocenters. The monoisotopic (exact) mass is 282 g/mol. The quantitative estimate of drug-likeness (QED) is 0.861. The van der Waals surface area contributed by atoms with E-state index in [2.05, 4.69) is 32.1 Å². The van der Waals surface area contributed by atoms with E-state index < -0.39 is 0 Å². The van der Waals surface area contributed by atoms with Crippen molar-refractivity contribution in [3.8, 4) is 6.07 Å². The minimum atomic E-state index is -0.275. The molecule has 4 nitrogen and oxygen atoms in total. The van der Waals surface area contributed by atoms with Gasteiger partial charge in [0.05, 0.1) is 24.8 Å². The Morgan fingerprint density at radius 2 is 2.38 bits per heavy atom. The van der Waals surface area contributed by atoms with Crippen molar-refractivity contribution < 1.29 is 9.53 Å². The summed E-state index contributed by atoms with van der Waals surface area (Å²) in [6.45, 7) is 0.447. The highest BCUT2D eigenvalue weighted by molar-refractivity contribution is 9.10. The molecule has 0 bridgehead atoms. The number of hydrogen-bond donors (Lipinski definition) is 1. The molecule has 1 rings (SSSR count). The van der Waals surface area contributed by atoms with Crippen molar-refractivity contribution in [2.75, 3.05) is 19.0 Å². The molecule has 1 N–H and O–H groups in total. The summed E-state index contributed by atoms with van der Waals surface area (Å²) >= 11 is 3.29. The Hall–Kier alpha value is -1.54. The molecule has 1 aromatic carbocycles. The SMILES string of the molecule is COC(=O)CCNc1ccc(Br)cc1C#N. The van der Waals surface area contributed by atoms with Crippen LogP contribution >= 0.6 is 15.9 Å². The number of nitriles is 1. The van der Waals surface area contributed by atoms with Gasteiger partial charge >= 0.3 is 5.97 Å². The van der Waals surface area contributed by atoms with Gasteiger partial charge in [0.25, 0.3) is 0 Å². The topological polar surface area (TPSA) is 62.1 Å². The second kappa shape index (κ2) is 6.13. The molecule has 16 heavy (non-hydrogen) atoms. The van der Waals surface area contributed by atoms with Gasteiger partial charge < -0.3 is 10.1 Å². The molecule has 5 heteroatoms. The van der Waals surface area contributed by atoms with Crippen molar-refractivity contribution in [1.29, 1.82) is 5.26 Å². The number of anilines is 1. The number of benzene rings is 1. The Morgan fingerprint density at radius 3 is 3.00 bits per heavy atom. The summed E-state index contributed by atoms with van der Waals surface area (Å²) in [6.07, 6.45) is 0.275. The van der Waals surface area contributed by atoms with Gasteiger partial charge in [-0.15, -0.1) is 0 Å². The molecular weight excluding hydrogens is 272 g/mol. The molecule has 0 aliphatic carbocycles. The Labute approximate surface area is 102 Å². The fraction of sp³-hybridized carbons (Fsp3) is 0.273. The van der Waals surface area contributed by atoms with Crippen LogP contribution in [0.2, 0.25) is 0 Å². The van der Waals surface area contributed by atoms with E-state index in [0.717, 1.165) is 10.2 Å². The summed E-state index contributed by atoms with van der Waals surface area (Å²) in [6, 6.07) is 7.43. The van der Waals surface area contributed by atoms with E-state index in [-0.39, 0.29) is 12.4 Å². The molecule has 0 heterocycles. The normalized spacial score (nSPS) is 9.31. The van der Waals surface area contributed by atoms with Crippen molar-refractivity contribution in [2.45, 2.75) is 6.42 Å². The van der Waals surface area contributed by atoms with E-state index in [1.54, 1.807) is 12.1 Å². The number of nitrogens with zero attached hydrogens (tertiary/aromatic N) is 1. The van der Waals surface area contributed by atoms with Crippen LogP contribution in [-0.4, -0.2) is 19.6 Å². The second-order valence-electron chi connectivity index (χ2n) is 3.05. The summed E-state index contributed by atoms with van der Waals surface area (Å²) in [4.78, 5) is 10.9. The molecule has 0 aliphatic rings. The van der Waals surface area contributed by atoms with Crippen LogP contribution in [0.3, 0.4) is 0 Å². The molecule has 0 aromatic heterocycles. The van der Waals surface area contributed by atoms with Gasteiger partial charge in [0.15, 0.2) is 0 Å². The van der Waals surface area contributed by atoms with E-state index in [1.165, 1.54) is 7.11 Å². The average Bonchev–Trinajstić information content (AvgIpc) is 2.30. The predicted octanol–water partition coefficient (Wildman–Crippen LogP) is 2.30. The largest absolute Gasteiger partial charge is 0.469 e. The molecule has 0 fully saturated rings. The van der Waals surface area contributed by atoms with Crippen LogP contribution in [0, 0.1) is 11.3 Å². The fourth-order valence-electron chi connectivity index (χ4n) is 1.16. The Bertz CT molecular complexity index is 426. The maximum Gasteiger partial charge on any atom is 0.307 e. The molecule has 0 amide bonds. The summed E-state index contributed by atoms with van der Waals surface area (Å²) < 4.78 is 5.36. The molecule has 0 radical (unpaired) electrons. The maximum absolute atomic E-state index is 10.9. The number of carbonyl (C=O) groups excluding carboxylic acids is 1. The van der Waals surface area contributed by atoms with Gasteiger partial charge in [-0.2, -0.15) is 5.26 Å². The van der Waals surface area contributed by atoms with Gasteiger partial charge in [0.1, 0.15) is 6.07 Å². The molecule has 0 saturated carbocycles. The number of halogens is 1. The Morgan fingerprint density at radius 1 is 1.62 bits per heavy atom. The lowest BCUT2D eigenvalue weighted by Gasteiger charge is -2.07. The summed E-state index contributed by atoms with van der Waals surface area (Å²) in [5, 5.41) is 11.9. The minimum absolute atomic E-state index is 0.275. The second-order valence-corrected chi connectivity index (χ2v) is 3.97. The van der Waals surface area contributed by atoms with Gasteiger partial charge in [-0.1, -0.05) is 15.9 Å². The van der Waals surface area contributed by atoms with E-state index in [1.807, 2.05) is 6.07 Å². The highest BCUT2D eigenvalue weighted by atomic mass is 79.9. The average molecular weight is 283 g/mol. The number of nitrogens with one attached hydrogen (secondary N) is 1. The van der Waals surface area contributed by atoms with Crippen LogP contribution in [0.5, 0.6) is 0 Å². The lowest BCUT2D eigenvalue weighted by atomic mass is 10.2. The highest BCUT2D eigenvalue weighted by Crippen LogP contribution is 2.20. The van der Waals surface area contributed by atoms with Crippen LogP contribution in [0.1, 0.15) is 12.0 Å². The van der Waals surface area contributed by atoms with Gasteiger partial charge in [-0.25, -0.2) is 0 Å². The summed E-state index contributed by atoms with van der Waals surface area (Å²) in [7, 11) is 1.35. The number of ether oxygens (including phenoxy) is 1. The zero-order chi connectivity index (χ0) is 12.0. The third kappa shape index (κ3) is 3.55. The summed E-state index contributed by atoms with van der Waals surface area (Å²) in [5.74, 6) is -0.275. The van der Waals surface area contributed by atoms with E-state index in [0.29, 0.717) is 12.1 Å². The summed E-state index contributed by atoms with van der Waals surface area (Å²) in [5.41, 5.74) is 1.26. The highest BCUT2D eigenvalue weighted by Gasteiger charge is 2.03. The molecule has 0 spiro atoms. The van der Waals surface area contributed by atoms with Crippen molar-refractivity contribution in [1.82, 2.24) is 0 Å². The van der Waals surface area contributed by atoms with Gasteiger partial charge in [0, 0.05) is 11.0 Å². The number of hydrogen-bond acceptors (Lipinski definition) is 4. The van der Waals surface area contributed by atoms with Gasteiger partial charge in [0.2, 0.25) is 0 Å². The number of rotatable bonds is 4. The van der Waals surface area contributed by atoms with Crippen molar-refractivity contribution >= 4 is 27.6 Å². The van der Waals surface area contributed by atoms with Crippen molar-refractivity contribution in [2.24, 2.45) is 0 Å². The number of methoxy groups -OCH3 is 1. The molecular formula is C11H11BrN2O2. The molecule has 84 valence electrons. The number of carbonyl (C=O) groups is 1. The third-order valence-corrected chi connectivity index (χ3v) is 2.47. The van der Waals surface area contributed by atoms with Crippen LogP contribution < -0.4 is 5.32 Å². The van der Waals surface area contributed by atoms with E-state index in [4.69, 9.17) is 5.26 Å². The zero-order valence-corrected chi connectivity index (χ0v) is 10.4. The lowest BCUT2D eigenvalue weighted by Crippen LogP contribution is -2.10. The maximum atomic E-state index is 10.9. The smallest absolute Gasteiger partial charge is 0.307 e. The minimum Gasteiger partial charge on any atom is -0.469 e. The lowest BCUT2D eigenvalue weighted by molar-refractivity contribution is -0.140.